The maximum atomic E-state index is 12.8. The second-order valence-electron chi connectivity index (χ2n) is 5.42. The third kappa shape index (κ3) is 3.56. The van der Waals surface area contributed by atoms with Crippen molar-refractivity contribution in [2.75, 3.05) is 13.2 Å². The van der Waals surface area contributed by atoms with Crippen LogP contribution < -0.4 is 0 Å². The van der Waals surface area contributed by atoms with E-state index in [4.69, 9.17) is 4.74 Å². The van der Waals surface area contributed by atoms with Crippen LogP contribution in [0.1, 0.15) is 21.5 Å². The van der Waals surface area contributed by atoms with Gasteiger partial charge < -0.3 is 9.64 Å². The molecule has 0 N–H and O–H groups in total. The van der Waals surface area contributed by atoms with Crippen molar-refractivity contribution in [3.63, 3.8) is 0 Å². The van der Waals surface area contributed by atoms with Crippen LogP contribution in [0.5, 0.6) is 0 Å². The van der Waals surface area contributed by atoms with Gasteiger partial charge in [0.25, 0.3) is 5.91 Å². The van der Waals surface area contributed by atoms with Crippen molar-refractivity contribution in [3.05, 3.63) is 71.0 Å². The highest BCUT2D eigenvalue weighted by molar-refractivity contribution is 5.91. The molecule has 1 aliphatic rings. The van der Waals surface area contributed by atoms with Gasteiger partial charge in [-0.3, -0.25) is 4.79 Å². The monoisotopic (exact) mass is 313 g/mol. The molecular formula is C18H16FNO3. The number of ether oxygens (including phenoxy) is 1. The SMILES string of the molecule is O=C(OCC(=O)N1CCc2ccccc2C1)c1ccc(F)cc1. The minimum absolute atomic E-state index is 0.225. The number of rotatable bonds is 3. The maximum Gasteiger partial charge on any atom is 0.338 e. The zero-order valence-corrected chi connectivity index (χ0v) is 12.5. The Morgan fingerprint density at radius 3 is 2.48 bits per heavy atom. The number of fused-ring (bicyclic) bond motifs is 1. The second kappa shape index (κ2) is 6.60. The van der Waals surface area contributed by atoms with Gasteiger partial charge in [-0.2, -0.15) is 0 Å². The van der Waals surface area contributed by atoms with Gasteiger partial charge in [0.1, 0.15) is 5.82 Å². The third-order valence-electron chi connectivity index (χ3n) is 3.89. The average Bonchev–Trinajstić information content (AvgIpc) is 2.59. The van der Waals surface area contributed by atoms with E-state index in [0.717, 1.165) is 12.0 Å². The Hall–Kier alpha value is -2.69. The Balaban J connectivity index is 1.56. The van der Waals surface area contributed by atoms with Crippen LogP contribution in [0.15, 0.2) is 48.5 Å². The largest absolute Gasteiger partial charge is 0.452 e. The first-order valence-corrected chi connectivity index (χ1v) is 7.41. The van der Waals surface area contributed by atoms with E-state index < -0.39 is 11.8 Å². The zero-order chi connectivity index (χ0) is 16.2. The molecule has 0 atom stereocenters. The van der Waals surface area contributed by atoms with Gasteiger partial charge in [0.2, 0.25) is 0 Å². The molecule has 0 bridgehead atoms. The van der Waals surface area contributed by atoms with E-state index in [0.29, 0.717) is 13.1 Å². The molecule has 0 saturated heterocycles. The lowest BCUT2D eigenvalue weighted by Gasteiger charge is -2.28. The molecule has 0 saturated carbocycles. The van der Waals surface area contributed by atoms with Crippen molar-refractivity contribution < 1.29 is 18.7 Å². The van der Waals surface area contributed by atoms with Crippen molar-refractivity contribution in [2.24, 2.45) is 0 Å². The predicted molar refractivity (Wildman–Crippen MR) is 82.2 cm³/mol. The van der Waals surface area contributed by atoms with Crippen LogP contribution in [0.4, 0.5) is 4.39 Å². The van der Waals surface area contributed by atoms with E-state index in [2.05, 4.69) is 6.07 Å². The van der Waals surface area contributed by atoms with Crippen LogP contribution in [-0.2, 0) is 22.5 Å². The summed E-state index contributed by atoms with van der Waals surface area (Å²) in [7, 11) is 0. The molecule has 1 aliphatic heterocycles. The van der Waals surface area contributed by atoms with E-state index in [1.807, 2.05) is 18.2 Å². The van der Waals surface area contributed by atoms with Crippen molar-refractivity contribution in [1.82, 2.24) is 4.90 Å². The van der Waals surface area contributed by atoms with Gasteiger partial charge in [0.15, 0.2) is 6.61 Å². The number of nitrogens with zero attached hydrogens (tertiary/aromatic N) is 1. The maximum absolute atomic E-state index is 12.8. The molecule has 0 spiro atoms. The van der Waals surface area contributed by atoms with Crippen LogP contribution >= 0.6 is 0 Å². The summed E-state index contributed by atoms with van der Waals surface area (Å²) in [4.78, 5) is 25.7. The van der Waals surface area contributed by atoms with Crippen LogP contribution in [0, 0.1) is 5.82 Å². The molecule has 2 aromatic rings. The van der Waals surface area contributed by atoms with E-state index in [-0.39, 0.29) is 18.1 Å². The Morgan fingerprint density at radius 2 is 1.74 bits per heavy atom. The van der Waals surface area contributed by atoms with Crippen LogP contribution in [-0.4, -0.2) is 29.9 Å². The molecular weight excluding hydrogens is 297 g/mol. The molecule has 2 aromatic carbocycles. The summed E-state index contributed by atoms with van der Waals surface area (Å²) in [5.74, 6) is -1.28. The first-order chi connectivity index (χ1) is 11.1. The second-order valence-corrected chi connectivity index (χ2v) is 5.42. The Bertz CT molecular complexity index is 727. The summed E-state index contributed by atoms with van der Waals surface area (Å²) in [6.45, 7) is 0.839. The van der Waals surface area contributed by atoms with Gasteiger partial charge in [0, 0.05) is 13.1 Å². The lowest BCUT2D eigenvalue weighted by atomic mass is 10.00. The van der Waals surface area contributed by atoms with Gasteiger partial charge in [-0.15, -0.1) is 0 Å². The molecule has 1 heterocycles. The summed E-state index contributed by atoms with van der Waals surface area (Å²) in [5.41, 5.74) is 2.60. The third-order valence-corrected chi connectivity index (χ3v) is 3.89. The fourth-order valence-corrected chi connectivity index (χ4v) is 2.60. The minimum Gasteiger partial charge on any atom is -0.452 e. The van der Waals surface area contributed by atoms with Gasteiger partial charge in [-0.25, -0.2) is 9.18 Å². The van der Waals surface area contributed by atoms with Crippen LogP contribution in [0.25, 0.3) is 0 Å². The summed E-state index contributed by atoms with van der Waals surface area (Å²) in [6, 6.07) is 13.0. The van der Waals surface area contributed by atoms with Crippen molar-refractivity contribution >= 4 is 11.9 Å². The zero-order valence-electron chi connectivity index (χ0n) is 12.5. The molecule has 0 unspecified atom stereocenters. The lowest BCUT2D eigenvalue weighted by molar-refractivity contribution is -0.135. The molecule has 0 aliphatic carbocycles. The van der Waals surface area contributed by atoms with Gasteiger partial charge >= 0.3 is 5.97 Å². The standard InChI is InChI=1S/C18H16FNO3/c19-16-7-5-14(6-8-16)18(22)23-12-17(21)20-10-9-13-3-1-2-4-15(13)11-20/h1-8H,9-12H2. The summed E-state index contributed by atoms with van der Waals surface area (Å²) in [5, 5.41) is 0. The predicted octanol–water partition coefficient (Wildman–Crippen LogP) is 2.57. The number of esters is 1. The van der Waals surface area contributed by atoms with Crippen LogP contribution in [0.3, 0.4) is 0 Å². The summed E-state index contributed by atoms with van der Waals surface area (Å²) < 4.78 is 17.8. The molecule has 3 rings (SSSR count). The van der Waals surface area contributed by atoms with Gasteiger partial charge in [-0.05, 0) is 41.8 Å². The lowest BCUT2D eigenvalue weighted by Crippen LogP contribution is -2.38. The molecule has 23 heavy (non-hydrogen) atoms. The Morgan fingerprint density at radius 1 is 1.04 bits per heavy atom. The average molecular weight is 313 g/mol. The highest BCUT2D eigenvalue weighted by Gasteiger charge is 2.21. The highest BCUT2D eigenvalue weighted by Crippen LogP contribution is 2.18. The van der Waals surface area contributed by atoms with E-state index in [1.54, 1.807) is 4.90 Å². The highest BCUT2D eigenvalue weighted by atomic mass is 19.1. The fourth-order valence-electron chi connectivity index (χ4n) is 2.60. The van der Waals surface area contributed by atoms with Crippen molar-refractivity contribution in [2.45, 2.75) is 13.0 Å². The Kier molecular flexibility index (Phi) is 4.37. The van der Waals surface area contributed by atoms with Gasteiger partial charge in [0.05, 0.1) is 5.56 Å². The van der Waals surface area contributed by atoms with Crippen molar-refractivity contribution in [1.29, 1.82) is 0 Å². The Labute approximate surface area is 133 Å². The number of halogens is 1. The number of hydrogen-bond donors (Lipinski definition) is 0. The number of carbonyl (C=O) groups excluding carboxylic acids is 2. The first kappa shape index (κ1) is 15.2. The van der Waals surface area contributed by atoms with Crippen molar-refractivity contribution in [3.8, 4) is 0 Å². The molecule has 4 nitrogen and oxygen atoms in total. The molecule has 118 valence electrons. The minimum atomic E-state index is -0.629. The quantitative estimate of drug-likeness (QED) is 0.818. The number of benzene rings is 2. The van der Waals surface area contributed by atoms with E-state index in [9.17, 15) is 14.0 Å². The van der Waals surface area contributed by atoms with E-state index in [1.165, 1.54) is 29.8 Å². The van der Waals surface area contributed by atoms with Gasteiger partial charge in [-0.1, -0.05) is 24.3 Å². The molecule has 0 fully saturated rings. The molecule has 0 aromatic heterocycles. The number of carbonyl (C=O) groups is 2. The topological polar surface area (TPSA) is 46.6 Å². The molecule has 1 amide bonds. The number of amides is 1. The summed E-state index contributed by atoms with van der Waals surface area (Å²) in [6.07, 6.45) is 0.799. The smallest absolute Gasteiger partial charge is 0.338 e. The fraction of sp³-hybridized carbons (Fsp3) is 0.222. The number of hydrogen-bond acceptors (Lipinski definition) is 3. The van der Waals surface area contributed by atoms with E-state index >= 15 is 0 Å². The van der Waals surface area contributed by atoms with Crippen LogP contribution in [0.2, 0.25) is 0 Å². The first-order valence-electron chi connectivity index (χ1n) is 7.41. The normalized spacial score (nSPS) is 13.3. The molecule has 0 radical (unpaired) electrons. The molecule has 5 heteroatoms. The summed E-state index contributed by atoms with van der Waals surface area (Å²) >= 11 is 0.